The van der Waals surface area contributed by atoms with E-state index in [1.165, 1.54) is 0 Å². The highest BCUT2D eigenvalue weighted by atomic mass is 16.4. The summed E-state index contributed by atoms with van der Waals surface area (Å²) >= 11 is 0. The van der Waals surface area contributed by atoms with Crippen LogP contribution < -0.4 is 17.6 Å². The van der Waals surface area contributed by atoms with Gasteiger partial charge in [-0.15, -0.1) is 0 Å². The van der Waals surface area contributed by atoms with Crippen molar-refractivity contribution in [3.63, 3.8) is 0 Å². The van der Waals surface area contributed by atoms with Crippen LogP contribution in [0.25, 0.3) is 0 Å². The molecule has 0 heterocycles. The molecule has 0 aliphatic rings. The molecule has 0 aromatic heterocycles. The molecule has 0 fully saturated rings. The number of aliphatic carboxylic acids is 1. The van der Waals surface area contributed by atoms with Crippen molar-refractivity contribution < 1.29 is 15.0 Å². The molecule has 0 aliphatic heterocycles. The van der Waals surface area contributed by atoms with E-state index in [4.69, 9.17) is 21.7 Å². The molecule has 0 saturated heterocycles. The molecule has 0 aliphatic carbocycles. The van der Waals surface area contributed by atoms with Crippen molar-refractivity contribution >= 4 is 5.97 Å². The van der Waals surface area contributed by atoms with Gasteiger partial charge in [-0.2, -0.15) is 0 Å². The SMILES string of the molecule is NCC(O)C[C@H](N)C(=O)O.[N]. The number of nitrogens with zero attached hydrogens (tertiary/aromatic N) is 1. The first kappa shape index (κ1) is 12.9. The lowest BCUT2D eigenvalue weighted by molar-refractivity contribution is -0.139. The molecule has 0 spiro atoms. The molecule has 2 atom stereocenters. The summed E-state index contributed by atoms with van der Waals surface area (Å²) in [5, 5.41) is 17.1. The van der Waals surface area contributed by atoms with Gasteiger partial charge in [0.25, 0.3) is 0 Å². The molecule has 65 valence electrons. The average molecular weight is 162 g/mol. The summed E-state index contributed by atoms with van der Waals surface area (Å²) in [5.74, 6) is -1.12. The van der Waals surface area contributed by atoms with Crippen molar-refractivity contribution in [1.82, 2.24) is 6.15 Å². The van der Waals surface area contributed by atoms with Crippen molar-refractivity contribution in [2.75, 3.05) is 6.54 Å². The quantitative estimate of drug-likeness (QED) is 0.365. The predicted octanol–water partition coefficient (Wildman–Crippen LogP) is -2.37. The van der Waals surface area contributed by atoms with E-state index in [0.717, 1.165) is 0 Å². The first-order valence-corrected chi connectivity index (χ1v) is 2.94. The fourth-order valence-electron chi connectivity index (χ4n) is 0.490. The van der Waals surface area contributed by atoms with Gasteiger partial charge in [-0.05, 0) is 0 Å². The van der Waals surface area contributed by atoms with Crippen LogP contribution in [0.15, 0.2) is 0 Å². The van der Waals surface area contributed by atoms with Crippen LogP contribution >= 0.6 is 0 Å². The summed E-state index contributed by atoms with van der Waals surface area (Å²) in [7, 11) is 0. The van der Waals surface area contributed by atoms with Crippen molar-refractivity contribution in [2.45, 2.75) is 18.6 Å². The first-order valence-electron chi connectivity index (χ1n) is 2.94. The molecule has 0 amide bonds. The molecule has 0 bridgehead atoms. The maximum atomic E-state index is 10.1. The molecule has 0 aromatic rings. The topological polar surface area (TPSA) is 140 Å². The van der Waals surface area contributed by atoms with E-state index in [1.807, 2.05) is 0 Å². The van der Waals surface area contributed by atoms with Gasteiger partial charge < -0.3 is 21.7 Å². The second-order valence-corrected chi connectivity index (χ2v) is 2.07. The number of rotatable bonds is 4. The van der Waals surface area contributed by atoms with Crippen molar-refractivity contribution in [2.24, 2.45) is 11.5 Å². The van der Waals surface area contributed by atoms with Crippen molar-refractivity contribution in [3.8, 4) is 0 Å². The molecule has 6 N–H and O–H groups in total. The van der Waals surface area contributed by atoms with Crippen LogP contribution in [0.2, 0.25) is 0 Å². The molecule has 6 heteroatoms. The third-order valence-corrected chi connectivity index (χ3v) is 1.12. The van der Waals surface area contributed by atoms with Crippen LogP contribution in [0.4, 0.5) is 0 Å². The Morgan fingerprint density at radius 3 is 2.27 bits per heavy atom. The Bertz CT molecular complexity index is 120. The van der Waals surface area contributed by atoms with Crippen LogP contribution in [0, 0.1) is 0 Å². The fraction of sp³-hybridized carbons (Fsp3) is 0.800. The Morgan fingerprint density at radius 1 is 1.55 bits per heavy atom. The summed E-state index contributed by atoms with van der Waals surface area (Å²) in [5.41, 5.74) is 10.1. The lowest BCUT2D eigenvalue weighted by Crippen LogP contribution is -2.36. The van der Waals surface area contributed by atoms with Gasteiger partial charge in [-0.1, -0.05) is 0 Å². The first-order chi connectivity index (χ1) is 4.57. The number of aliphatic hydroxyl groups is 1. The summed E-state index contributed by atoms with van der Waals surface area (Å²) in [6, 6.07) is -1.02. The number of hydrogen-bond acceptors (Lipinski definition) is 4. The lowest BCUT2D eigenvalue weighted by atomic mass is 10.1. The van der Waals surface area contributed by atoms with Gasteiger partial charge >= 0.3 is 5.97 Å². The Morgan fingerprint density at radius 2 is 2.00 bits per heavy atom. The highest BCUT2D eigenvalue weighted by molar-refractivity contribution is 5.73. The highest BCUT2D eigenvalue weighted by Gasteiger charge is 2.15. The monoisotopic (exact) mass is 162 g/mol. The standard InChI is InChI=1S/C5H12N2O3.N/c6-2-3(8)1-4(7)5(9)10;/h3-4,8H,1-2,6-7H2,(H,9,10);/t3?,4-;/m0./s1. The smallest absolute Gasteiger partial charge is 0.320 e. The summed E-state index contributed by atoms with van der Waals surface area (Å²) in [6.07, 6.45) is -0.808. The van der Waals surface area contributed by atoms with Crippen LogP contribution in [-0.2, 0) is 4.79 Å². The van der Waals surface area contributed by atoms with E-state index in [1.54, 1.807) is 0 Å². The van der Waals surface area contributed by atoms with E-state index in [0.29, 0.717) is 0 Å². The van der Waals surface area contributed by atoms with Crippen LogP contribution in [0.1, 0.15) is 6.42 Å². The summed E-state index contributed by atoms with van der Waals surface area (Å²) in [4.78, 5) is 10.1. The van der Waals surface area contributed by atoms with E-state index in [-0.39, 0.29) is 19.1 Å². The minimum Gasteiger partial charge on any atom is -0.480 e. The van der Waals surface area contributed by atoms with Crippen LogP contribution in [0.3, 0.4) is 0 Å². The molecule has 3 radical (unpaired) electrons. The molecular formula is C5H12N3O3. The zero-order valence-electron chi connectivity index (χ0n) is 5.97. The van der Waals surface area contributed by atoms with E-state index < -0.39 is 18.1 Å². The number of carboxylic acids is 1. The zero-order valence-corrected chi connectivity index (χ0v) is 5.97. The predicted molar refractivity (Wildman–Crippen MR) is 37.4 cm³/mol. The Labute approximate surface area is 64.8 Å². The maximum Gasteiger partial charge on any atom is 0.320 e. The van der Waals surface area contributed by atoms with E-state index in [2.05, 4.69) is 0 Å². The number of carboxylic acid groups (broad SMARTS) is 1. The number of aliphatic hydroxyl groups excluding tert-OH is 1. The third-order valence-electron chi connectivity index (χ3n) is 1.12. The van der Waals surface area contributed by atoms with E-state index >= 15 is 0 Å². The second-order valence-electron chi connectivity index (χ2n) is 2.07. The zero-order chi connectivity index (χ0) is 8.15. The van der Waals surface area contributed by atoms with Gasteiger partial charge in [-0.3, -0.25) is 4.79 Å². The Hall–Kier alpha value is -0.690. The van der Waals surface area contributed by atoms with Crippen LogP contribution in [-0.4, -0.2) is 34.9 Å². The minimum atomic E-state index is -1.12. The molecular weight excluding hydrogens is 150 g/mol. The van der Waals surface area contributed by atoms with E-state index in [9.17, 15) is 4.79 Å². The minimum absolute atomic E-state index is 0. The van der Waals surface area contributed by atoms with Gasteiger partial charge in [0, 0.05) is 19.1 Å². The van der Waals surface area contributed by atoms with Crippen LogP contribution in [0.5, 0.6) is 0 Å². The average Bonchev–Trinajstić information content (AvgIpc) is 1.87. The number of nitrogens with two attached hydrogens (primary N) is 2. The fourth-order valence-corrected chi connectivity index (χ4v) is 0.490. The lowest BCUT2D eigenvalue weighted by Gasteiger charge is -2.09. The normalized spacial score (nSPS) is 14.8. The summed E-state index contributed by atoms with van der Waals surface area (Å²) in [6.45, 7) is 0.0426. The third kappa shape index (κ3) is 5.74. The van der Waals surface area contributed by atoms with Gasteiger partial charge in [0.2, 0.25) is 0 Å². The molecule has 11 heavy (non-hydrogen) atoms. The highest BCUT2D eigenvalue weighted by Crippen LogP contribution is 1.93. The Balaban J connectivity index is 0. The van der Waals surface area contributed by atoms with Gasteiger partial charge in [-0.25, -0.2) is 0 Å². The number of hydrogen-bond donors (Lipinski definition) is 4. The molecule has 1 unspecified atom stereocenters. The Kier molecular flexibility index (Phi) is 7.12. The molecule has 0 saturated carbocycles. The van der Waals surface area contributed by atoms with Gasteiger partial charge in [0.1, 0.15) is 6.04 Å². The van der Waals surface area contributed by atoms with Crippen molar-refractivity contribution in [1.29, 1.82) is 0 Å². The summed E-state index contributed by atoms with van der Waals surface area (Å²) < 4.78 is 0. The van der Waals surface area contributed by atoms with Gasteiger partial charge in [0.15, 0.2) is 0 Å². The maximum absolute atomic E-state index is 10.1. The molecule has 0 aromatic carbocycles. The number of carbonyl (C=O) groups is 1. The van der Waals surface area contributed by atoms with Gasteiger partial charge in [0.05, 0.1) is 6.10 Å². The largest absolute Gasteiger partial charge is 0.480 e. The van der Waals surface area contributed by atoms with Crippen molar-refractivity contribution in [3.05, 3.63) is 0 Å². The second kappa shape index (κ2) is 6.05. The molecule has 6 nitrogen and oxygen atoms in total. The molecule has 0 rings (SSSR count).